The van der Waals surface area contributed by atoms with Crippen molar-refractivity contribution < 1.29 is 4.74 Å². The maximum absolute atomic E-state index is 5.98. The van der Waals surface area contributed by atoms with Gasteiger partial charge in [0.25, 0.3) is 0 Å². The minimum atomic E-state index is 0.0534. The van der Waals surface area contributed by atoms with E-state index >= 15 is 0 Å². The van der Waals surface area contributed by atoms with E-state index in [9.17, 15) is 0 Å². The fourth-order valence-corrected chi connectivity index (χ4v) is 6.09. The third kappa shape index (κ3) is 3.54. The minimum Gasteiger partial charge on any atom is -0.376 e. The van der Waals surface area contributed by atoms with Crippen LogP contribution in [0.15, 0.2) is 30.5 Å². The first kappa shape index (κ1) is 20.0. The van der Waals surface area contributed by atoms with Gasteiger partial charge >= 0.3 is 0 Å². The Morgan fingerprint density at radius 3 is 2.70 bits per heavy atom. The van der Waals surface area contributed by atoms with Gasteiger partial charge in [0.05, 0.1) is 23.9 Å². The topological polar surface area (TPSA) is 42.3 Å². The van der Waals surface area contributed by atoms with Gasteiger partial charge in [0.1, 0.15) is 0 Å². The minimum absolute atomic E-state index is 0.0534. The lowest BCUT2D eigenvalue weighted by atomic mass is 9.96. The van der Waals surface area contributed by atoms with Gasteiger partial charge in [-0.25, -0.2) is 0 Å². The van der Waals surface area contributed by atoms with E-state index < -0.39 is 0 Å². The highest BCUT2D eigenvalue weighted by atomic mass is 32.1. The Morgan fingerprint density at radius 2 is 2.00 bits per heavy atom. The number of hydrogen-bond acceptors (Lipinski definition) is 3. The highest BCUT2D eigenvalue weighted by Gasteiger charge is 2.42. The van der Waals surface area contributed by atoms with Gasteiger partial charge in [0, 0.05) is 36.8 Å². The van der Waals surface area contributed by atoms with Crippen LogP contribution >= 0.6 is 12.2 Å². The Balaban J connectivity index is 1.55. The number of thiocarbonyl (C=S) groups is 1. The van der Waals surface area contributed by atoms with E-state index in [-0.39, 0.29) is 18.2 Å². The number of ether oxygens (including phenoxy) is 1. The molecule has 0 spiro atoms. The average Bonchev–Trinajstić information content (AvgIpc) is 3.53. The second-order valence-electron chi connectivity index (χ2n) is 9.05. The molecular formula is C24H32N4OS. The van der Waals surface area contributed by atoms with Crippen molar-refractivity contribution >= 4 is 17.3 Å². The van der Waals surface area contributed by atoms with Gasteiger partial charge in [-0.15, -0.1) is 0 Å². The van der Waals surface area contributed by atoms with Gasteiger partial charge in [0.2, 0.25) is 0 Å². The number of nitrogens with zero attached hydrogens (tertiary/aromatic N) is 3. The normalized spacial score (nSPS) is 27.2. The predicted molar refractivity (Wildman–Crippen MR) is 123 cm³/mol. The molecule has 2 aromatic heterocycles. The van der Waals surface area contributed by atoms with Crippen molar-refractivity contribution in [1.29, 1.82) is 0 Å². The highest BCUT2D eigenvalue weighted by molar-refractivity contribution is 7.80. The van der Waals surface area contributed by atoms with Crippen molar-refractivity contribution in [2.75, 3.05) is 13.2 Å². The van der Waals surface area contributed by atoms with Crippen molar-refractivity contribution in [1.82, 2.24) is 19.8 Å². The summed E-state index contributed by atoms with van der Waals surface area (Å²) >= 11 is 5.84. The van der Waals surface area contributed by atoms with Crippen molar-refractivity contribution in [3.8, 4) is 0 Å². The molecule has 0 aromatic carbocycles. The predicted octanol–water partition coefficient (Wildman–Crippen LogP) is 4.77. The summed E-state index contributed by atoms with van der Waals surface area (Å²) < 4.78 is 8.57. The van der Waals surface area contributed by atoms with Crippen LogP contribution in [0.3, 0.4) is 0 Å². The second-order valence-corrected chi connectivity index (χ2v) is 9.44. The zero-order chi connectivity index (χ0) is 20.7. The van der Waals surface area contributed by atoms with Crippen LogP contribution in [0.4, 0.5) is 0 Å². The largest absolute Gasteiger partial charge is 0.376 e. The standard InChI is InChI=1S/C24H32N4OS/c1-16-14-20(17(2)28(16)18-8-3-4-9-18)23-22(21-11-5-6-12-25-21)26-24(30)27(23)15-19-10-7-13-29-19/h5-6,11-12,14,18-19,22-23H,3-4,7-10,13,15H2,1-2H3,(H,26,30)/t19-,22-,23-/m1/s1. The van der Waals surface area contributed by atoms with Crippen molar-refractivity contribution in [3.63, 3.8) is 0 Å². The maximum atomic E-state index is 5.98. The quantitative estimate of drug-likeness (QED) is 0.701. The highest BCUT2D eigenvalue weighted by Crippen LogP contribution is 2.43. The fraction of sp³-hybridized carbons (Fsp3) is 0.583. The lowest BCUT2D eigenvalue weighted by Crippen LogP contribution is -2.36. The molecule has 3 atom stereocenters. The molecule has 6 heteroatoms. The lowest BCUT2D eigenvalue weighted by Gasteiger charge is -2.30. The van der Waals surface area contributed by atoms with Crippen LogP contribution in [0.5, 0.6) is 0 Å². The van der Waals surface area contributed by atoms with E-state index in [2.05, 4.69) is 51.8 Å². The molecule has 0 amide bonds. The average molecular weight is 425 g/mol. The van der Waals surface area contributed by atoms with E-state index in [1.54, 1.807) is 0 Å². The number of rotatable bonds is 5. The van der Waals surface area contributed by atoms with Gasteiger partial charge in [0.15, 0.2) is 5.11 Å². The van der Waals surface area contributed by atoms with Crippen molar-refractivity contribution in [2.24, 2.45) is 0 Å². The first-order chi connectivity index (χ1) is 14.6. The van der Waals surface area contributed by atoms with Gasteiger partial charge in [-0.1, -0.05) is 18.9 Å². The number of aromatic nitrogens is 2. The molecule has 5 nitrogen and oxygen atoms in total. The molecule has 30 heavy (non-hydrogen) atoms. The van der Waals surface area contributed by atoms with Crippen LogP contribution in [-0.2, 0) is 4.74 Å². The van der Waals surface area contributed by atoms with Crippen LogP contribution in [0, 0.1) is 13.8 Å². The fourth-order valence-electron chi connectivity index (χ4n) is 5.77. The number of aryl methyl sites for hydroxylation is 1. The summed E-state index contributed by atoms with van der Waals surface area (Å²) in [6.07, 6.45) is 9.65. The third-order valence-corrected chi connectivity index (χ3v) is 7.51. The molecule has 1 N–H and O–H groups in total. The first-order valence-electron chi connectivity index (χ1n) is 11.4. The van der Waals surface area contributed by atoms with E-state index in [4.69, 9.17) is 17.0 Å². The molecule has 3 fully saturated rings. The Labute approximate surface area is 184 Å². The summed E-state index contributed by atoms with van der Waals surface area (Å²) in [5, 5.41) is 4.41. The molecule has 0 radical (unpaired) electrons. The Morgan fingerprint density at radius 1 is 1.17 bits per heavy atom. The summed E-state index contributed by atoms with van der Waals surface area (Å²) in [5.74, 6) is 0. The smallest absolute Gasteiger partial charge is 0.170 e. The van der Waals surface area contributed by atoms with Gasteiger partial charge in [-0.05, 0) is 75.5 Å². The summed E-state index contributed by atoms with van der Waals surface area (Å²) in [6, 6.07) is 9.37. The molecule has 160 valence electrons. The SMILES string of the molecule is Cc1cc([C@@H]2[C@@H](c3ccccn3)NC(=S)N2C[C@H]2CCCO2)c(C)n1C1CCCC1. The van der Waals surface area contributed by atoms with Crippen LogP contribution in [0.1, 0.15) is 79.3 Å². The summed E-state index contributed by atoms with van der Waals surface area (Å²) in [6.45, 7) is 6.26. The molecule has 1 aliphatic carbocycles. The number of nitrogens with one attached hydrogen (secondary N) is 1. The summed E-state index contributed by atoms with van der Waals surface area (Å²) in [5.41, 5.74) is 5.17. The van der Waals surface area contributed by atoms with Crippen LogP contribution < -0.4 is 5.32 Å². The van der Waals surface area contributed by atoms with Crippen LogP contribution in [0.2, 0.25) is 0 Å². The number of hydrogen-bond donors (Lipinski definition) is 1. The van der Waals surface area contributed by atoms with Gasteiger partial charge in [-0.3, -0.25) is 4.98 Å². The molecule has 2 aromatic rings. The van der Waals surface area contributed by atoms with Gasteiger partial charge in [-0.2, -0.15) is 0 Å². The zero-order valence-electron chi connectivity index (χ0n) is 18.0. The first-order valence-corrected chi connectivity index (χ1v) is 11.8. The van der Waals surface area contributed by atoms with Crippen molar-refractivity contribution in [3.05, 3.63) is 53.1 Å². The molecule has 3 aliphatic rings. The summed E-state index contributed by atoms with van der Waals surface area (Å²) in [7, 11) is 0. The lowest BCUT2D eigenvalue weighted by molar-refractivity contribution is 0.0841. The molecule has 1 saturated carbocycles. The zero-order valence-corrected chi connectivity index (χ0v) is 18.8. The second kappa shape index (κ2) is 8.31. The molecule has 5 rings (SSSR count). The number of pyridine rings is 1. The molecular weight excluding hydrogens is 392 g/mol. The van der Waals surface area contributed by atoms with Gasteiger partial charge < -0.3 is 19.5 Å². The Kier molecular flexibility index (Phi) is 5.54. The van der Waals surface area contributed by atoms with E-state index in [1.807, 2.05) is 12.3 Å². The van der Waals surface area contributed by atoms with E-state index in [1.165, 1.54) is 42.6 Å². The molecule has 0 bridgehead atoms. The van der Waals surface area contributed by atoms with Crippen LogP contribution in [-0.4, -0.2) is 38.8 Å². The maximum Gasteiger partial charge on any atom is 0.170 e. The molecule has 4 heterocycles. The molecule has 2 aliphatic heterocycles. The third-order valence-electron chi connectivity index (χ3n) is 7.15. The molecule has 2 saturated heterocycles. The monoisotopic (exact) mass is 424 g/mol. The van der Waals surface area contributed by atoms with E-state index in [0.29, 0.717) is 6.04 Å². The van der Waals surface area contributed by atoms with Crippen LogP contribution in [0.25, 0.3) is 0 Å². The molecule has 0 unspecified atom stereocenters. The summed E-state index contributed by atoms with van der Waals surface area (Å²) in [4.78, 5) is 7.05. The van der Waals surface area contributed by atoms with Crippen molar-refractivity contribution in [2.45, 2.75) is 76.6 Å². The van der Waals surface area contributed by atoms with E-state index in [0.717, 1.165) is 36.8 Å². The Bertz CT molecular complexity index is 899. The Hall–Kier alpha value is -1.92.